The second-order valence-electron chi connectivity index (χ2n) is 3.03. The molecule has 0 aliphatic carbocycles. The van der Waals surface area contributed by atoms with Crippen LogP contribution in [0.5, 0.6) is 0 Å². The normalized spacial score (nSPS) is 9.73. The minimum atomic E-state index is -0.0568. The van der Waals surface area contributed by atoms with Crippen LogP contribution < -0.4 is 5.32 Å². The van der Waals surface area contributed by atoms with E-state index >= 15 is 0 Å². The summed E-state index contributed by atoms with van der Waals surface area (Å²) in [5.41, 5.74) is 0.811. The zero-order chi connectivity index (χ0) is 11.1. The fourth-order valence-corrected chi connectivity index (χ4v) is 1.21. The van der Waals surface area contributed by atoms with Gasteiger partial charge < -0.3 is 10.2 Å². The number of nitrogens with zero attached hydrogens (tertiary/aromatic N) is 3. The molecule has 0 aliphatic rings. The predicted molar refractivity (Wildman–Crippen MR) is 57.2 cm³/mol. The van der Waals surface area contributed by atoms with Crippen molar-refractivity contribution in [1.82, 2.24) is 20.2 Å². The number of nitrogens with one attached hydrogen (secondary N) is 1. The molecule has 0 unspecified atom stereocenters. The Morgan fingerprint density at radius 1 is 1.47 bits per heavy atom. The van der Waals surface area contributed by atoms with Gasteiger partial charge in [0.25, 0.3) is 0 Å². The van der Waals surface area contributed by atoms with Crippen molar-refractivity contribution in [2.45, 2.75) is 20.4 Å². The molecule has 82 valence electrons. The number of aromatic nitrogens is 2. The molecule has 0 saturated heterocycles. The van der Waals surface area contributed by atoms with Crippen molar-refractivity contribution in [3.63, 3.8) is 0 Å². The first kappa shape index (κ1) is 11.4. The number of carbonyl (C=O) groups is 1. The smallest absolute Gasteiger partial charge is 0.317 e. The lowest BCUT2D eigenvalue weighted by atomic mass is 10.4. The summed E-state index contributed by atoms with van der Waals surface area (Å²) < 4.78 is 0. The fourth-order valence-electron chi connectivity index (χ4n) is 1.21. The minimum absolute atomic E-state index is 0.0568. The van der Waals surface area contributed by atoms with E-state index in [1.807, 2.05) is 13.8 Å². The van der Waals surface area contributed by atoms with Crippen LogP contribution in [0.25, 0.3) is 0 Å². The summed E-state index contributed by atoms with van der Waals surface area (Å²) in [6.45, 7) is 5.78. The van der Waals surface area contributed by atoms with Crippen LogP contribution in [0.4, 0.5) is 4.79 Å². The summed E-state index contributed by atoms with van der Waals surface area (Å²) in [7, 11) is 0. The summed E-state index contributed by atoms with van der Waals surface area (Å²) >= 11 is 0. The van der Waals surface area contributed by atoms with E-state index in [0.717, 1.165) is 5.69 Å². The van der Waals surface area contributed by atoms with Gasteiger partial charge in [-0.2, -0.15) is 0 Å². The lowest BCUT2D eigenvalue weighted by Gasteiger charge is -2.18. The van der Waals surface area contributed by atoms with E-state index in [4.69, 9.17) is 0 Å². The topological polar surface area (TPSA) is 58.1 Å². The van der Waals surface area contributed by atoms with Crippen LogP contribution in [0, 0.1) is 0 Å². The van der Waals surface area contributed by atoms with Crippen molar-refractivity contribution in [3.05, 3.63) is 24.3 Å². The Balaban J connectivity index is 2.40. The highest BCUT2D eigenvalue weighted by molar-refractivity contribution is 5.73. The number of hydrogen-bond acceptors (Lipinski definition) is 3. The van der Waals surface area contributed by atoms with Gasteiger partial charge in [0.15, 0.2) is 0 Å². The third kappa shape index (κ3) is 3.53. The Hall–Kier alpha value is -1.65. The maximum Gasteiger partial charge on any atom is 0.317 e. The highest BCUT2D eigenvalue weighted by Crippen LogP contribution is 1.92. The molecule has 1 aromatic heterocycles. The van der Waals surface area contributed by atoms with Crippen molar-refractivity contribution in [2.24, 2.45) is 0 Å². The first-order chi connectivity index (χ1) is 7.27. The molecule has 15 heavy (non-hydrogen) atoms. The molecule has 0 atom stereocenters. The summed E-state index contributed by atoms with van der Waals surface area (Å²) in [5.74, 6) is 0. The molecule has 0 aliphatic heterocycles. The molecule has 5 nitrogen and oxygen atoms in total. The van der Waals surface area contributed by atoms with Crippen LogP contribution in [0.1, 0.15) is 19.5 Å². The van der Waals surface area contributed by atoms with Crippen molar-refractivity contribution in [3.8, 4) is 0 Å². The maximum absolute atomic E-state index is 11.6. The third-order valence-electron chi connectivity index (χ3n) is 2.11. The van der Waals surface area contributed by atoms with Gasteiger partial charge in [-0.3, -0.25) is 0 Å². The molecule has 0 aromatic carbocycles. The van der Waals surface area contributed by atoms with E-state index in [2.05, 4.69) is 15.3 Å². The molecule has 0 radical (unpaired) electrons. The molecule has 1 aromatic rings. The molecular weight excluding hydrogens is 192 g/mol. The van der Waals surface area contributed by atoms with Gasteiger partial charge in [-0.25, -0.2) is 14.8 Å². The van der Waals surface area contributed by atoms with Crippen LogP contribution in [-0.2, 0) is 6.54 Å². The Bertz CT molecular complexity index is 298. The number of amides is 2. The number of rotatable bonds is 4. The molecule has 0 spiro atoms. The average molecular weight is 208 g/mol. The van der Waals surface area contributed by atoms with Crippen molar-refractivity contribution in [1.29, 1.82) is 0 Å². The molecule has 2 amide bonds. The van der Waals surface area contributed by atoms with Crippen LogP contribution in [0.2, 0.25) is 0 Å². The van der Waals surface area contributed by atoms with Crippen molar-refractivity contribution in [2.75, 3.05) is 13.1 Å². The molecule has 1 rings (SSSR count). The highest BCUT2D eigenvalue weighted by atomic mass is 16.2. The molecule has 1 heterocycles. The molecule has 0 fully saturated rings. The van der Waals surface area contributed by atoms with Crippen LogP contribution in [0.3, 0.4) is 0 Å². The zero-order valence-electron chi connectivity index (χ0n) is 9.10. The average Bonchev–Trinajstić information content (AvgIpc) is 2.29. The maximum atomic E-state index is 11.6. The fraction of sp³-hybridized carbons (Fsp3) is 0.500. The first-order valence-electron chi connectivity index (χ1n) is 5.05. The van der Waals surface area contributed by atoms with Gasteiger partial charge in [0.1, 0.15) is 6.33 Å². The molecule has 1 N–H and O–H groups in total. The predicted octanol–water partition coefficient (Wildman–Crippen LogP) is 1.03. The van der Waals surface area contributed by atoms with Gasteiger partial charge >= 0.3 is 6.03 Å². The van der Waals surface area contributed by atoms with E-state index in [1.54, 1.807) is 17.2 Å². The Morgan fingerprint density at radius 2 is 2.20 bits per heavy atom. The van der Waals surface area contributed by atoms with Crippen molar-refractivity contribution < 1.29 is 4.79 Å². The van der Waals surface area contributed by atoms with Gasteiger partial charge in [-0.05, 0) is 19.9 Å². The summed E-state index contributed by atoms with van der Waals surface area (Å²) in [5, 5.41) is 2.80. The standard InChI is InChI=1S/C10H16N4O/c1-3-14(4-2)10(15)12-7-9-5-6-11-8-13-9/h5-6,8H,3-4,7H2,1-2H3,(H,12,15). The van der Waals surface area contributed by atoms with Gasteiger partial charge in [0.2, 0.25) is 0 Å². The number of urea groups is 1. The lowest BCUT2D eigenvalue weighted by molar-refractivity contribution is 0.202. The summed E-state index contributed by atoms with van der Waals surface area (Å²) in [6.07, 6.45) is 3.13. The molecule has 5 heteroatoms. The Morgan fingerprint density at radius 3 is 2.73 bits per heavy atom. The Labute approximate surface area is 89.5 Å². The van der Waals surface area contributed by atoms with Crippen LogP contribution in [0.15, 0.2) is 18.6 Å². The van der Waals surface area contributed by atoms with Gasteiger partial charge in [-0.1, -0.05) is 0 Å². The largest absolute Gasteiger partial charge is 0.332 e. The zero-order valence-corrected chi connectivity index (χ0v) is 9.10. The number of hydrogen-bond donors (Lipinski definition) is 1. The summed E-state index contributed by atoms with van der Waals surface area (Å²) in [4.78, 5) is 21.1. The van der Waals surface area contributed by atoms with Gasteiger partial charge in [0, 0.05) is 19.3 Å². The highest BCUT2D eigenvalue weighted by Gasteiger charge is 2.07. The van der Waals surface area contributed by atoms with E-state index in [0.29, 0.717) is 19.6 Å². The number of carbonyl (C=O) groups excluding carboxylic acids is 1. The van der Waals surface area contributed by atoms with Crippen LogP contribution >= 0.6 is 0 Å². The van der Waals surface area contributed by atoms with Crippen LogP contribution in [-0.4, -0.2) is 34.0 Å². The van der Waals surface area contributed by atoms with E-state index in [1.165, 1.54) is 6.33 Å². The van der Waals surface area contributed by atoms with E-state index in [-0.39, 0.29) is 6.03 Å². The van der Waals surface area contributed by atoms with E-state index < -0.39 is 0 Å². The summed E-state index contributed by atoms with van der Waals surface area (Å²) in [6, 6.07) is 1.72. The van der Waals surface area contributed by atoms with Gasteiger partial charge in [0.05, 0.1) is 12.2 Å². The quantitative estimate of drug-likeness (QED) is 0.804. The monoisotopic (exact) mass is 208 g/mol. The SMILES string of the molecule is CCN(CC)C(=O)NCc1ccncn1. The molecular formula is C10H16N4O. The van der Waals surface area contributed by atoms with E-state index in [9.17, 15) is 4.79 Å². The second kappa shape index (κ2) is 5.95. The molecule has 0 saturated carbocycles. The third-order valence-corrected chi connectivity index (χ3v) is 2.11. The minimum Gasteiger partial charge on any atom is -0.332 e. The molecule has 0 bridgehead atoms. The lowest BCUT2D eigenvalue weighted by Crippen LogP contribution is -2.39. The second-order valence-corrected chi connectivity index (χ2v) is 3.03. The first-order valence-corrected chi connectivity index (χ1v) is 5.05. The van der Waals surface area contributed by atoms with Crippen molar-refractivity contribution >= 4 is 6.03 Å². The Kier molecular flexibility index (Phi) is 4.53. The van der Waals surface area contributed by atoms with Gasteiger partial charge in [-0.15, -0.1) is 0 Å².